The van der Waals surface area contributed by atoms with Gasteiger partial charge in [0, 0.05) is 6.08 Å². The molecule has 0 rings (SSSR count). The van der Waals surface area contributed by atoms with Crippen LogP contribution in [0.5, 0.6) is 0 Å². The monoisotopic (exact) mass is 131 g/mol. The van der Waals surface area contributed by atoms with Crippen LogP contribution in [-0.4, -0.2) is 29.5 Å². The smallest absolute Gasteiger partial charge is 0.328 e. The van der Waals surface area contributed by atoms with Crippen molar-refractivity contribution < 1.29 is 15.0 Å². The van der Waals surface area contributed by atoms with E-state index in [2.05, 4.69) is 5.32 Å². The molecule has 0 saturated carbocycles. The normalized spacial score (nSPS) is 14.0. The van der Waals surface area contributed by atoms with Crippen molar-refractivity contribution in [3.8, 4) is 0 Å². The molecular formula is C5H9NO3. The Bertz CT molecular complexity index is 121. The lowest BCUT2D eigenvalue weighted by Gasteiger charge is -1.98. The van der Waals surface area contributed by atoms with Crippen molar-refractivity contribution in [3.05, 3.63) is 12.2 Å². The molecule has 0 fully saturated rings. The van der Waals surface area contributed by atoms with E-state index in [1.165, 1.54) is 7.05 Å². The topological polar surface area (TPSA) is 69.6 Å². The summed E-state index contributed by atoms with van der Waals surface area (Å²) < 4.78 is 0. The van der Waals surface area contributed by atoms with Gasteiger partial charge in [-0.15, -0.1) is 0 Å². The molecule has 9 heavy (non-hydrogen) atoms. The standard InChI is InChI=1S/C5H9NO3/c1-6-4(7)2-3-5(8)9/h2-4,6-7H,1H3,(H,8,9)/b3-2-. The van der Waals surface area contributed by atoms with E-state index in [9.17, 15) is 4.79 Å². The van der Waals surface area contributed by atoms with E-state index in [1.54, 1.807) is 0 Å². The van der Waals surface area contributed by atoms with Gasteiger partial charge in [0.15, 0.2) is 0 Å². The van der Waals surface area contributed by atoms with Crippen LogP contribution in [0.1, 0.15) is 0 Å². The lowest BCUT2D eigenvalue weighted by Crippen LogP contribution is -2.21. The second-order valence-electron chi connectivity index (χ2n) is 1.43. The maximum absolute atomic E-state index is 9.79. The highest BCUT2D eigenvalue weighted by molar-refractivity contribution is 5.79. The minimum atomic E-state index is -1.07. The van der Waals surface area contributed by atoms with Crippen molar-refractivity contribution in [1.82, 2.24) is 5.32 Å². The van der Waals surface area contributed by atoms with Gasteiger partial charge in [-0.05, 0) is 13.1 Å². The number of rotatable bonds is 3. The first-order valence-corrected chi connectivity index (χ1v) is 2.43. The molecule has 0 aromatic carbocycles. The molecule has 0 saturated heterocycles. The Kier molecular flexibility index (Phi) is 3.66. The molecule has 0 radical (unpaired) electrons. The Labute approximate surface area is 52.8 Å². The fraction of sp³-hybridized carbons (Fsp3) is 0.400. The average molecular weight is 131 g/mol. The number of nitrogens with one attached hydrogen (secondary N) is 1. The van der Waals surface area contributed by atoms with Crippen LogP contribution < -0.4 is 5.32 Å². The molecule has 0 heterocycles. The molecular weight excluding hydrogens is 122 g/mol. The van der Waals surface area contributed by atoms with E-state index >= 15 is 0 Å². The van der Waals surface area contributed by atoms with E-state index in [-0.39, 0.29) is 0 Å². The van der Waals surface area contributed by atoms with Crippen molar-refractivity contribution >= 4 is 5.97 Å². The first kappa shape index (κ1) is 8.13. The Hall–Kier alpha value is -0.870. The maximum Gasteiger partial charge on any atom is 0.328 e. The van der Waals surface area contributed by atoms with E-state index in [0.29, 0.717) is 0 Å². The number of carbonyl (C=O) groups is 1. The minimum Gasteiger partial charge on any atom is -0.478 e. The van der Waals surface area contributed by atoms with Crippen LogP contribution in [0, 0.1) is 0 Å². The summed E-state index contributed by atoms with van der Waals surface area (Å²) in [7, 11) is 1.52. The Morgan fingerprint density at radius 2 is 2.33 bits per heavy atom. The van der Waals surface area contributed by atoms with Crippen LogP contribution in [0.3, 0.4) is 0 Å². The molecule has 1 unspecified atom stereocenters. The fourth-order valence-electron chi connectivity index (χ4n) is 0.270. The molecule has 4 heteroatoms. The SMILES string of the molecule is CNC(O)/C=C\C(=O)O. The van der Waals surface area contributed by atoms with Crippen molar-refractivity contribution in [1.29, 1.82) is 0 Å². The first-order valence-electron chi connectivity index (χ1n) is 2.43. The molecule has 4 nitrogen and oxygen atoms in total. The van der Waals surface area contributed by atoms with E-state index in [0.717, 1.165) is 12.2 Å². The lowest BCUT2D eigenvalue weighted by molar-refractivity contribution is -0.131. The highest BCUT2D eigenvalue weighted by Crippen LogP contribution is 1.77. The summed E-state index contributed by atoms with van der Waals surface area (Å²) in [5.41, 5.74) is 0. The largest absolute Gasteiger partial charge is 0.478 e. The Morgan fingerprint density at radius 3 is 2.67 bits per heavy atom. The number of carboxylic acid groups (broad SMARTS) is 1. The van der Waals surface area contributed by atoms with Gasteiger partial charge in [0.25, 0.3) is 0 Å². The van der Waals surface area contributed by atoms with Crippen LogP contribution in [-0.2, 0) is 4.79 Å². The number of likely N-dealkylation sites (N-methyl/N-ethyl adjacent to an activating group) is 1. The molecule has 0 aliphatic rings. The predicted octanol–water partition coefficient (Wildman–Crippen LogP) is -0.835. The van der Waals surface area contributed by atoms with Gasteiger partial charge < -0.3 is 10.2 Å². The molecule has 0 bridgehead atoms. The summed E-state index contributed by atoms with van der Waals surface area (Å²) in [6.45, 7) is 0. The van der Waals surface area contributed by atoms with Crippen molar-refractivity contribution in [2.45, 2.75) is 6.23 Å². The van der Waals surface area contributed by atoms with Gasteiger partial charge in [0.05, 0.1) is 0 Å². The Morgan fingerprint density at radius 1 is 1.78 bits per heavy atom. The molecule has 0 aliphatic carbocycles. The number of aliphatic hydroxyl groups excluding tert-OH is 1. The molecule has 0 spiro atoms. The van der Waals surface area contributed by atoms with Gasteiger partial charge in [0.1, 0.15) is 6.23 Å². The van der Waals surface area contributed by atoms with Gasteiger partial charge in [0.2, 0.25) is 0 Å². The molecule has 52 valence electrons. The lowest BCUT2D eigenvalue weighted by atomic mass is 10.4. The Balaban J connectivity index is 3.56. The molecule has 0 aromatic rings. The highest BCUT2D eigenvalue weighted by atomic mass is 16.4. The quantitative estimate of drug-likeness (QED) is 0.345. The zero-order chi connectivity index (χ0) is 7.28. The number of aliphatic carboxylic acids is 1. The number of aliphatic hydroxyl groups is 1. The third kappa shape index (κ3) is 4.99. The van der Waals surface area contributed by atoms with Crippen LogP contribution in [0.2, 0.25) is 0 Å². The minimum absolute atomic E-state index is 0.874. The van der Waals surface area contributed by atoms with Crippen molar-refractivity contribution in [3.63, 3.8) is 0 Å². The van der Waals surface area contributed by atoms with Gasteiger partial charge in [-0.2, -0.15) is 0 Å². The van der Waals surface area contributed by atoms with E-state index in [1.807, 2.05) is 0 Å². The summed E-state index contributed by atoms with van der Waals surface area (Å²) >= 11 is 0. The second kappa shape index (κ2) is 4.05. The van der Waals surface area contributed by atoms with E-state index < -0.39 is 12.2 Å². The summed E-state index contributed by atoms with van der Waals surface area (Å²) in [5, 5.41) is 19.1. The summed E-state index contributed by atoms with van der Waals surface area (Å²) in [6, 6.07) is 0. The molecule has 3 N–H and O–H groups in total. The van der Waals surface area contributed by atoms with E-state index in [4.69, 9.17) is 10.2 Å². The van der Waals surface area contributed by atoms with Crippen molar-refractivity contribution in [2.24, 2.45) is 0 Å². The molecule has 0 aromatic heterocycles. The predicted molar refractivity (Wildman–Crippen MR) is 31.8 cm³/mol. The summed E-state index contributed by atoms with van der Waals surface area (Å²) in [5.74, 6) is -1.07. The van der Waals surface area contributed by atoms with Gasteiger partial charge in [-0.3, -0.25) is 5.32 Å². The highest BCUT2D eigenvalue weighted by Gasteiger charge is 1.91. The maximum atomic E-state index is 9.79. The summed E-state index contributed by atoms with van der Waals surface area (Å²) in [4.78, 5) is 9.79. The molecule has 0 amide bonds. The third-order valence-corrected chi connectivity index (χ3v) is 0.717. The zero-order valence-electron chi connectivity index (χ0n) is 5.03. The fourth-order valence-corrected chi connectivity index (χ4v) is 0.270. The molecule has 0 aliphatic heterocycles. The number of carboxylic acids is 1. The molecule has 1 atom stereocenters. The number of hydrogen-bond acceptors (Lipinski definition) is 3. The zero-order valence-corrected chi connectivity index (χ0v) is 5.03. The van der Waals surface area contributed by atoms with Crippen molar-refractivity contribution in [2.75, 3.05) is 7.05 Å². The van der Waals surface area contributed by atoms with Gasteiger partial charge in [-0.25, -0.2) is 4.79 Å². The number of hydrogen-bond donors (Lipinski definition) is 3. The first-order chi connectivity index (χ1) is 4.16. The van der Waals surface area contributed by atoms with Crippen LogP contribution in [0.4, 0.5) is 0 Å². The average Bonchev–Trinajstić information content (AvgIpc) is 1.83. The van der Waals surface area contributed by atoms with Gasteiger partial charge in [-0.1, -0.05) is 0 Å². The second-order valence-corrected chi connectivity index (χ2v) is 1.43. The van der Waals surface area contributed by atoms with Gasteiger partial charge >= 0.3 is 5.97 Å². The third-order valence-electron chi connectivity index (χ3n) is 0.717. The van der Waals surface area contributed by atoms with Crippen LogP contribution in [0.15, 0.2) is 12.2 Å². The van der Waals surface area contributed by atoms with Crippen LogP contribution >= 0.6 is 0 Å². The van der Waals surface area contributed by atoms with Crippen LogP contribution in [0.25, 0.3) is 0 Å². The summed E-state index contributed by atoms with van der Waals surface area (Å²) in [6.07, 6.45) is 1.14.